The molecule has 5 aliphatic rings. The molecule has 2 saturated heterocycles. The molecule has 1 unspecified atom stereocenters. The highest BCUT2D eigenvalue weighted by atomic mass is 16.5. The van der Waals surface area contributed by atoms with E-state index in [9.17, 15) is 19.2 Å². The number of H-pyrrole nitrogens is 2. The largest absolute Gasteiger partial charge is 0.453 e. The maximum atomic E-state index is 14.0. The number of likely N-dealkylation sites (tertiary alicyclic amines) is 2. The van der Waals surface area contributed by atoms with E-state index in [1.54, 1.807) is 0 Å². The van der Waals surface area contributed by atoms with Crippen LogP contribution in [0, 0.1) is 23.7 Å². The Bertz CT molecular complexity index is 2260. The second kappa shape index (κ2) is 14.2. The number of alkyl carbamates (subject to hydrolysis) is 2. The number of carbonyl (C=O) groups is 4. The number of amides is 4. The van der Waals surface area contributed by atoms with Crippen molar-refractivity contribution in [3.8, 4) is 22.4 Å². The summed E-state index contributed by atoms with van der Waals surface area (Å²) in [5, 5.41) is 5.53. The van der Waals surface area contributed by atoms with Gasteiger partial charge in [-0.15, -0.1) is 0 Å². The number of aromatic amines is 2. The summed E-state index contributed by atoms with van der Waals surface area (Å²) in [6, 6.07) is 11.5. The minimum atomic E-state index is -0.681. The number of nitrogens with zero attached hydrogens (tertiary/aromatic N) is 4. The van der Waals surface area contributed by atoms with Gasteiger partial charge in [-0.3, -0.25) is 9.59 Å². The maximum absolute atomic E-state index is 14.0. The monoisotopic (exact) mass is 776 g/mol. The lowest BCUT2D eigenvalue weighted by atomic mass is 9.96. The van der Waals surface area contributed by atoms with Crippen molar-refractivity contribution in [2.75, 3.05) is 14.2 Å². The molecule has 57 heavy (non-hydrogen) atoms. The van der Waals surface area contributed by atoms with Crippen molar-refractivity contribution in [3.05, 3.63) is 59.3 Å². The van der Waals surface area contributed by atoms with Crippen molar-refractivity contribution < 1.29 is 28.7 Å². The Hall–Kier alpha value is -5.40. The topological polar surface area (TPSA) is 175 Å². The second-order valence-corrected chi connectivity index (χ2v) is 17.4. The first kappa shape index (κ1) is 37.2. The molecule has 0 radical (unpaired) electrons. The number of piperidine rings is 2. The highest BCUT2D eigenvalue weighted by Crippen LogP contribution is 2.55. The summed E-state index contributed by atoms with van der Waals surface area (Å²) in [6.45, 7) is 7.73. The van der Waals surface area contributed by atoms with Crippen molar-refractivity contribution in [2.24, 2.45) is 23.7 Å². The number of benzene rings is 2. The standard InChI is InChI=1S/C43H52N8O6/c1-20(2)35(48-42(54)56-5)40(52)50-31-16-25(31)18-33(50)38-44-28-13-11-23(15-30(28)46-38)22-10-12-27-24(14-22)8-7-9-29-37(27)47-39(45-29)34-19-26-17-32(26)51(34)41(53)36(21(3)4)49-43(55)57-6/h10-15,20-21,25-26,31-36H,7-9,16-19H2,1-6H3,(H,44,46)(H,45,47)(H,48,54)(H,49,55)/t25-,26-,31-,32?,33+,34+,35+,36+/m1/s1. The van der Waals surface area contributed by atoms with E-state index in [4.69, 9.17) is 19.4 Å². The first-order valence-electron chi connectivity index (χ1n) is 20.5. The molecule has 0 spiro atoms. The number of hydrogen-bond acceptors (Lipinski definition) is 8. The molecule has 8 atom stereocenters. The molecule has 4 aromatic rings. The van der Waals surface area contributed by atoms with Gasteiger partial charge in [0, 0.05) is 23.3 Å². The van der Waals surface area contributed by atoms with Crippen LogP contribution >= 0.6 is 0 Å². The zero-order valence-electron chi connectivity index (χ0n) is 33.4. The zero-order valence-corrected chi connectivity index (χ0v) is 33.4. The van der Waals surface area contributed by atoms with E-state index >= 15 is 0 Å². The molecule has 300 valence electrons. The van der Waals surface area contributed by atoms with Gasteiger partial charge in [-0.25, -0.2) is 19.6 Å². The molecular formula is C43H52N8O6. The summed E-state index contributed by atoms with van der Waals surface area (Å²) in [6.07, 6.45) is 5.20. The SMILES string of the molecule is COC(=O)N[C@H](C(=O)N1C2C[C@@H]2C[C@H]1c1nc2c([nH]1)CCCc1cc(-c3ccc4nc([C@@H]5C[C@H]6C[C@H]6N5C(=O)[C@@H](NC(=O)OC)C(C)C)[nH]c4c3)ccc1-2)C(C)C. The van der Waals surface area contributed by atoms with Gasteiger partial charge in [-0.05, 0) is 97.4 Å². The average molecular weight is 777 g/mol. The molecule has 4 fully saturated rings. The van der Waals surface area contributed by atoms with Gasteiger partial charge < -0.3 is 39.9 Å². The Morgan fingerprint density at radius 1 is 0.719 bits per heavy atom. The van der Waals surface area contributed by atoms with E-state index in [2.05, 4.69) is 50.9 Å². The lowest BCUT2D eigenvalue weighted by Gasteiger charge is -2.32. The van der Waals surface area contributed by atoms with Crippen LogP contribution in [0.4, 0.5) is 9.59 Å². The molecule has 2 aliphatic heterocycles. The van der Waals surface area contributed by atoms with Gasteiger partial charge in [0.15, 0.2) is 0 Å². The fourth-order valence-corrected chi connectivity index (χ4v) is 9.78. The van der Waals surface area contributed by atoms with Crippen molar-refractivity contribution in [3.63, 3.8) is 0 Å². The maximum Gasteiger partial charge on any atom is 0.407 e. The number of aromatic nitrogens is 4. The summed E-state index contributed by atoms with van der Waals surface area (Å²) in [5.74, 6) is 2.10. The van der Waals surface area contributed by atoms with Crippen molar-refractivity contribution in [2.45, 2.75) is 109 Å². The number of hydrogen-bond donors (Lipinski definition) is 4. The Morgan fingerprint density at radius 2 is 1.28 bits per heavy atom. The van der Waals surface area contributed by atoms with Crippen LogP contribution in [-0.4, -0.2) is 92.1 Å². The van der Waals surface area contributed by atoms with Gasteiger partial charge in [-0.2, -0.15) is 0 Å². The van der Waals surface area contributed by atoms with E-state index in [1.807, 2.05) is 43.6 Å². The van der Waals surface area contributed by atoms with Gasteiger partial charge >= 0.3 is 12.2 Å². The third-order valence-electron chi connectivity index (χ3n) is 13.0. The molecule has 2 aromatic heterocycles. The highest BCUT2D eigenvalue weighted by molar-refractivity contribution is 5.89. The molecule has 14 heteroatoms. The van der Waals surface area contributed by atoms with Gasteiger partial charge in [0.25, 0.3) is 0 Å². The van der Waals surface area contributed by atoms with E-state index in [0.717, 1.165) is 95.7 Å². The Morgan fingerprint density at radius 3 is 1.86 bits per heavy atom. The summed E-state index contributed by atoms with van der Waals surface area (Å²) >= 11 is 0. The van der Waals surface area contributed by atoms with Crippen LogP contribution in [-0.2, 0) is 31.9 Å². The minimum absolute atomic E-state index is 0.0817. The predicted molar refractivity (Wildman–Crippen MR) is 212 cm³/mol. The molecule has 0 bridgehead atoms. The summed E-state index contributed by atoms with van der Waals surface area (Å²) < 4.78 is 9.66. The highest BCUT2D eigenvalue weighted by Gasteiger charge is 2.57. The van der Waals surface area contributed by atoms with Gasteiger partial charge in [0.05, 0.1) is 43.0 Å². The van der Waals surface area contributed by atoms with E-state index in [1.165, 1.54) is 19.8 Å². The predicted octanol–water partition coefficient (Wildman–Crippen LogP) is 6.19. The molecule has 2 aromatic carbocycles. The Labute approximate surface area is 331 Å². The number of imidazole rings is 2. The fourth-order valence-electron chi connectivity index (χ4n) is 9.78. The Balaban J connectivity index is 0.962. The van der Waals surface area contributed by atoms with Crippen molar-refractivity contribution in [1.29, 1.82) is 0 Å². The van der Waals surface area contributed by atoms with Crippen LogP contribution in [0.25, 0.3) is 33.4 Å². The lowest BCUT2D eigenvalue weighted by molar-refractivity contribution is -0.137. The van der Waals surface area contributed by atoms with Crippen LogP contribution in [0.15, 0.2) is 36.4 Å². The number of ether oxygens (including phenoxy) is 2. The van der Waals surface area contributed by atoms with Crippen molar-refractivity contribution in [1.82, 2.24) is 40.4 Å². The number of aryl methyl sites for hydroxylation is 2. The zero-order chi connectivity index (χ0) is 39.9. The molecule has 3 aliphatic carbocycles. The number of methoxy groups -OCH3 is 2. The van der Waals surface area contributed by atoms with Gasteiger partial charge in [-0.1, -0.05) is 52.0 Å². The van der Waals surface area contributed by atoms with Crippen LogP contribution < -0.4 is 10.6 Å². The minimum Gasteiger partial charge on any atom is -0.453 e. The van der Waals surface area contributed by atoms with E-state index < -0.39 is 24.3 Å². The molecule has 14 nitrogen and oxygen atoms in total. The summed E-state index contributed by atoms with van der Waals surface area (Å²) in [4.78, 5) is 73.5. The molecular weight excluding hydrogens is 725 g/mol. The number of nitrogens with one attached hydrogen (secondary N) is 4. The Kier molecular flexibility index (Phi) is 9.27. The number of carbonyl (C=O) groups excluding carboxylic acids is 4. The van der Waals surface area contributed by atoms with Gasteiger partial charge in [0.2, 0.25) is 11.8 Å². The number of rotatable bonds is 9. The van der Waals surface area contributed by atoms with E-state index in [-0.39, 0.29) is 47.8 Å². The molecule has 4 N–H and O–H groups in total. The quantitative estimate of drug-likeness (QED) is 0.156. The van der Waals surface area contributed by atoms with Crippen LogP contribution in [0.3, 0.4) is 0 Å². The second-order valence-electron chi connectivity index (χ2n) is 17.4. The van der Waals surface area contributed by atoms with Crippen molar-refractivity contribution >= 4 is 35.0 Å². The van der Waals surface area contributed by atoms with Crippen LogP contribution in [0.5, 0.6) is 0 Å². The molecule has 4 heterocycles. The first-order chi connectivity index (χ1) is 27.4. The molecule has 2 saturated carbocycles. The number of fused-ring (bicyclic) bond motifs is 6. The fraction of sp³-hybridized carbons (Fsp3) is 0.535. The van der Waals surface area contributed by atoms with Gasteiger partial charge in [0.1, 0.15) is 23.7 Å². The third-order valence-corrected chi connectivity index (χ3v) is 13.0. The third kappa shape index (κ3) is 6.60. The van der Waals surface area contributed by atoms with Crippen LogP contribution in [0.1, 0.15) is 94.8 Å². The molecule has 4 amide bonds. The average Bonchev–Trinajstić information content (AvgIpc) is 3.91. The summed E-state index contributed by atoms with van der Waals surface area (Å²) in [5.41, 5.74) is 8.32. The van der Waals surface area contributed by atoms with E-state index in [0.29, 0.717) is 11.8 Å². The lowest BCUT2D eigenvalue weighted by Crippen LogP contribution is -2.52. The molecule has 9 rings (SSSR count). The normalized spacial score (nSPS) is 25.3. The smallest absolute Gasteiger partial charge is 0.407 e. The van der Waals surface area contributed by atoms with Crippen LogP contribution in [0.2, 0.25) is 0 Å². The first-order valence-corrected chi connectivity index (χ1v) is 20.5. The summed E-state index contributed by atoms with van der Waals surface area (Å²) in [7, 11) is 2.62.